The van der Waals surface area contributed by atoms with E-state index in [0.717, 1.165) is 12.8 Å². The first-order chi connectivity index (χ1) is 8.95. The van der Waals surface area contributed by atoms with Crippen molar-refractivity contribution in [1.29, 1.82) is 0 Å². The molecule has 104 valence electrons. The highest BCUT2D eigenvalue weighted by molar-refractivity contribution is 5.79. The third-order valence-electron chi connectivity index (χ3n) is 4.02. The number of ether oxygens (including phenoxy) is 1. The molecule has 0 saturated heterocycles. The third kappa shape index (κ3) is 2.81. The van der Waals surface area contributed by atoms with Crippen LogP contribution >= 0.6 is 0 Å². The van der Waals surface area contributed by atoms with Crippen LogP contribution in [0.3, 0.4) is 0 Å². The van der Waals surface area contributed by atoms with Gasteiger partial charge in [-0.3, -0.25) is 10.1 Å². The third-order valence-corrected chi connectivity index (χ3v) is 4.02. The zero-order chi connectivity index (χ0) is 14.0. The van der Waals surface area contributed by atoms with Crippen LogP contribution in [0.1, 0.15) is 56.7 Å². The average molecular weight is 261 g/mol. The maximum absolute atomic E-state index is 11.8. The van der Waals surface area contributed by atoms with Gasteiger partial charge in [-0.25, -0.2) is 0 Å². The van der Waals surface area contributed by atoms with Crippen molar-refractivity contribution in [2.75, 3.05) is 7.11 Å². The first-order valence-electron chi connectivity index (χ1n) is 6.90. The molecule has 0 radical (unpaired) electrons. The molecule has 0 heterocycles. The number of esters is 1. The maximum atomic E-state index is 11.8. The van der Waals surface area contributed by atoms with Crippen molar-refractivity contribution in [1.82, 2.24) is 5.32 Å². The van der Waals surface area contributed by atoms with Gasteiger partial charge in [0.2, 0.25) is 0 Å². The number of benzene rings is 1. The zero-order valence-corrected chi connectivity index (χ0v) is 12.2. The Morgan fingerprint density at radius 2 is 1.89 bits per heavy atom. The molecule has 0 fully saturated rings. The van der Waals surface area contributed by atoms with E-state index in [2.05, 4.69) is 36.5 Å². The van der Waals surface area contributed by atoms with Crippen LogP contribution in [0.2, 0.25) is 0 Å². The average Bonchev–Trinajstić information content (AvgIpc) is 2.41. The molecule has 0 spiro atoms. The molecule has 1 aliphatic rings. The van der Waals surface area contributed by atoms with E-state index in [0.29, 0.717) is 5.92 Å². The molecule has 2 atom stereocenters. The van der Waals surface area contributed by atoms with E-state index in [9.17, 15) is 4.79 Å². The highest BCUT2D eigenvalue weighted by Gasteiger charge is 2.34. The van der Waals surface area contributed by atoms with Crippen molar-refractivity contribution in [3.63, 3.8) is 0 Å². The van der Waals surface area contributed by atoms with Gasteiger partial charge in [0.25, 0.3) is 0 Å². The fourth-order valence-corrected chi connectivity index (χ4v) is 2.90. The summed E-state index contributed by atoms with van der Waals surface area (Å²) < 4.78 is 4.86. The molecule has 0 saturated carbocycles. The molecule has 0 aromatic heterocycles. The van der Waals surface area contributed by atoms with Crippen molar-refractivity contribution in [3.05, 3.63) is 35.4 Å². The van der Waals surface area contributed by atoms with Gasteiger partial charge < -0.3 is 4.74 Å². The zero-order valence-electron chi connectivity index (χ0n) is 12.2. The summed E-state index contributed by atoms with van der Waals surface area (Å²) in [6.07, 6.45) is 2.20. The van der Waals surface area contributed by atoms with Gasteiger partial charge in [-0.2, -0.15) is 0 Å². The number of hydrogen-bond acceptors (Lipinski definition) is 3. The molecule has 3 heteroatoms. The van der Waals surface area contributed by atoms with Crippen LogP contribution in [0, 0.1) is 0 Å². The summed E-state index contributed by atoms with van der Waals surface area (Å²) in [5.41, 5.74) is 2.05. The minimum Gasteiger partial charge on any atom is -0.468 e. The van der Waals surface area contributed by atoms with Gasteiger partial charge in [0, 0.05) is 6.04 Å². The fraction of sp³-hybridized carbons (Fsp3) is 0.562. The lowest BCUT2D eigenvalue weighted by Gasteiger charge is -2.35. The van der Waals surface area contributed by atoms with Gasteiger partial charge >= 0.3 is 5.97 Å². The topological polar surface area (TPSA) is 38.3 Å². The quantitative estimate of drug-likeness (QED) is 0.849. The monoisotopic (exact) mass is 261 g/mol. The second-order valence-electron chi connectivity index (χ2n) is 5.92. The molecular weight excluding hydrogens is 238 g/mol. The number of hydrogen-bond donors (Lipinski definition) is 1. The second-order valence-corrected chi connectivity index (χ2v) is 5.92. The Balaban J connectivity index is 2.24. The Kier molecular flexibility index (Phi) is 3.95. The van der Waals surface area contributed by atoms with Gasteiger partial charge in [-0.1, -0.05) is 31.2 Å². The molecule has 19 heavy (non-hydrogen) atoms. The molecule has 3 nitrogen and oxygen atoms in total. The van der Waals surface area contributed by atoms with E-state index in [1.165, 1.54) is 18.2 Å². The normalized spacial score (nSPS) is 22.7. The van der Waals surface area contributed by atoms with Crippen LogP contribution in [-0.4, -0.2) is 18.6 Å². The summed E-state index contributed by atoms with van der Waals surface area (Å²) in [7, 11) is 1.43. The Morgan fingerprint density at radius 1 is 1.26 bits per heavy atom. The number of rotatable bonds is 3. The number of carbonyl (C=O) groups is 1. The van der Waals surface area contributed by atoms with Crippen LogP contribution in [0.15, 0.2) is 24.3 Å². The lowest BCUT2D eigenvalue weighted by molar-refractivity contribution is -0.147. The number of methoxy groups -OCH3 is 1. The van der Waals surface area contributed by atoms with Gasteiger partial charge in [0.1, 0.15) is 5.54 Å². The lowest BCUT2D eigenvalue weighted by Crippen LogP contribution is -2.49. The first kappa shape index (κ1) is 14.1. The summed E-state index contributed by atoms with van der Waals surface area (Å²) in [4.78, 5) is 11.8. The van der Waals surface area contributed by atoms with Crippen molar-refractivity contribution < 1.29 is 9.53 Å². The van der Waals surface area contributed by atoms with Crippen molar-refractivity contribution >= 4 is 5.97 Å². The summed E-state index contributed by atoms with van der Waals surface area (Å²) in [6.45, 7) is 6.01. The first-order valence-corrected chi connectivity index (χ1v) is 6.90. The number of fused-ring (bicyclic) bond motifs is 1. The van der Waals surface area contributed by atoms with Crippen LogP contribution in [0.5, 0.6) is 0 Å². The highest BCUT2D eigenvalue weighted by atomic mass is 16.5. The van der Waals surface area contributed by atoms with Crippen molar-refractivity contribution in [2.45, 2.75) is 51.1 Å². The van der Waals surface area contributed by atoms with E-state index >= 15 is 0 Å². The van der Waals surface area contributed by atoms with Crippen LogP contribution in [-0.2, 0) is 9.53 Å². The van der Waals surface area contributed by atoms with Crippen LogP contribution < -0.4 is 5.32 Å². The largest absolute Gasteiger partial charge is 0.468 e. The summed E-state index contributed by atoms with van der Waals surface area (Å²) in [5, 5.41) is 3.45. The molecule has 1 aromatic rings. The van der Waals surface area contributed by atoms with E-state index < -0.39 is 5.54 Å². The Labute approximate surface area is 115 Å². The lowest BCUT2D eigenvalue weighted by atomic mass is 9.80. The van der Waals surface area contributed by atoms with Gasteiger partial charge in [-0.05, 0) is 43.7 Å². The highest BCUT2D eigenvalue weighted by Crippen LogP contribution is 2.37. The minimum absolute atomic E-state index is 0.219. The molecule has 1 aromatic carbocycles. The fourth-order valence-electron chi connectivity index (χ4n) is 2.90. The summed E-state index contributed by atoms with van der Waals surface area (Å²) >= 11 is 0. The van der Waals surface area contributed by atoms with E-state index in [4.69, 9.17) is 4.74 Å². The van der Waals surface area contributed by atoms with Crippen molar-refractivity contribution in [2.24, 2.45) is 0 Å². The number of nitrogens with one attached hydrogen (secondary N) is 1. The predicted molar refractivity (Wildman–Crippen MR) is 76.1 cm³/mol. The standard InChI is InChI=1S/C16H23NO2/c1-11-9-10-14(13-8-6-5-7-12(11)13)17-16(2,3)15(18)19-4/h5-8,11,14,17H,9-10H2,1-4H3. The van der Waals surface area contributed by atoms with E-state index in [1.807, 2.05) is 13.8 Å². The molecule has 0 bridgehead atoms. The molecule has 0 amide bonds. The van der Waals surface area contributed by atoms with Crippen LogP contribution in [0.4, 0.5) is 0 Å². The Morgan fingerprint density at radius 3 is 2.53 bits per heavy atom. The van der Waals surface area contributed by atoms with Gasteiger partial charge in [0.15, 0.2) is 0 Å². The summed E-state index contributed by atoms with van der Waals surface area (Å²) in [5.74, 6) is 0.374. The minimum atomic E-state index is -0.660. The van der Waals surface area contributed by atoms with E-state index in [-0.39, 0.29) is 12.0 Å². The van der Waals surface area contributed by atoms with Crippen molar-refractivity contribution in [3.8, 4) is 0 Å². The molecular formula is C16H23NO2. The molecule has 2 unspecified atom stereocenters. The molecule has 2 rings (SSSR count). The smallest absolute Gasteiger partial charge is 0.325 e. The van der Waals surface area contributed by atoms with Crippen LogP contribution in [0.25, 0.3) is 0 Å². The van der Waals surface area contributed by atoms with E-state index in [1.54, 1.807) is 0 Å². The SMILES string of the molecule is COC(=O)C(C)(C)NC1CCC(C)c2ccccc21. The molecule has 1 N–H and O–H groups in total. The predicted octanol–water partition coefficient (Wildman–Crippen LogP) is 3.17. The Bertz CT molecular complexity index is 468. The molecule has 1 aliphatic carbocycles. The summed E-state index contributed by atoms with van der Waals surface area (Å²) in [6, 6.07) is 8.73. The maximum Gasteiger partial charge on any atom is 0.325 e. The molecule has 0 aliphatic heterocycles. The number of carbonyl (C=O) groups excluding carboxylic acids is 1. The second kappa shape index (κ2) is 5.33. The van der Waals surface area contributed by atoms with Gasteiger partial charge in [0.05, 0.1) is 7.11 Å². The Hall–Kier alpha value is -1.35. The van der Waals surface area contributed by atoms with Gasteiger partial charge in [-0.15, -0.1) is 0 Å².